The topological polar surface area (TPSA) is 38.3 Å². The average Bonchev–Trinajstić information content (AvgIpc) is 2.70. The van der Waals surface area contributed by atoms with E-state index in [-0.39, 0.29) is 5.91 Å². The highest BCUT2D eigenvalue weighted by Gasteiger charge is 2.14. The Labute approximate surface area is 160 Å². The van der Waals surface area contributed by atoms with Gasteiger partial charge in [0.25, 0.3) is 5.91 Å². The smallest absolute Gasteiger partial charge is 0.255 e. The summed E-state index contributed by atoms with van der Waals surface area (Å²) < 4.78 is 5.18. The Kier molecular flexibility index (Phi) is 4.93. The lowest BCUT2D eigenvalue weighted by Crippen LogP contribution is -2.15. The number of benzene rings is 3. The second-order valence-corrected chi connectivity index (χ2v) is 6.99. The van der Waals surface area contributed by atoms with Crippen LogP contribution in [0.3, 0.4) is 0 Å². The van der Waals surface area contributed by atoms with Crippen LogP contribution in [0.25, 0.3) is 0 Å². The maximum absolute atomic E-state index is 13.0. The number of anilines is 1. The van der Waals surface area contributed by atoms with Crippen LogP contribution in [0, 0.1) is 0 Å². The first-order valence-corrected chi connectivity index (χ1v) is 9.36. The molecule has 0 unspecified atom stereocenters. The molecule has 7 rings (SSSR count). The third kappa shape index (κ3) is 4.03. The molecule has 27 heavy (non-hydrogen) atoms. The first-order valence-electron chi connectivity index (χ1n) is 9.36. The SMILES string of the molecule is COc1ccc(NC(=O)c2cc3ccc2CCc2ccc(cc2)CC3)cc1. The highest BCUT2D eigenvalue weighted by molar-refractivity contribution is 6.05. The standard InChI is InChI=1S/C24H23NO2/c1-27-22-14-12-21(13-15-22)25-24(26)23-16-19-7-6-17-2-4-18(5-3-17)8-10-20(23)11-9-19/h2-5,9,11-16H,6-8,10H2,1H3,(H,25,26). The van der Waals surface area contributed by atoms with Gasteiger partial charge in [-0.15, -0.1) is 0 Å². The zero-order valence-corrected chi connectivity index (χ0v) is 15.5. The number of carbonyl (C=O) groups is 1. The number of ether oxygens (including phenoxy) is 1. The minimum absolute atomic E-state index is 0.0528. The summed E-state index contributed by atoms with van der Waals surface area (Å²) in [6, 6.07) is 22.6. The maximum Gasteiger partial charge on any atom is 0.255 e. The van der Waals surface area contributed by atoms with Gasteiger partial charge >= 0.3 is 0 Å². The van der Waals surface area contributed by atoms with Crippen LogP contribution in [0.2, 0.25) is 0 Å². The molecule has 0 fully saturated rings. The summed E-state index contributed by atoms with van der Waals surface area (Å²) in [5, 5.41) is 3.02. The summed E-state index contributed by atoms with van der Waals surface area (Å²) in [5.74, 6) is 0.721. The lowest BCUT2D eigenvalue weighted by Gasteiger charge is -2.14. The molecule has 3 aromatic carbocycles. The van der Waals surface area contributed by atoms with E-state index in [1.54, 1.807) is 7.11 Å². The Morgan fingerprint density at radius 3 is 2.04 bits per heavy atom. The van der Waals surface area contributed by atoms with Gasteiger partial charge in [-0.05, 0) is 78.3 Å². The van der Waals surface area contributed by atoms with Crippen molar-refractivity contribution < 1.29 is 9.53 Å². The van der Waals surface area contributed by atoms with Crippen LogP contribution < -0.4 is 10.1 Å². The third-order valence-corrected chi connectivity index (χ3v) is 5.18. The fourth-order valence-electron chi connectivity index (χ4n) is 3.52. The molecule has 136 valence electrons. The number of amides is 1. The van der Waals surface area contributed by atoms with Crippen molar-refractivity contribution in [2.45, 2.75) is 25.7 Å². The number of hydrogen-bond donors (Lipinski definition) is 1. The van der Waals surface area contributed by atoms with Gasteiger partial charge in [0.05, 0.1) is 7.11 Å². The van der Waals surface area contributed by atoms with Crippen molar-refractivity contribution in [1.82, 2.24) is 0 Å². The van der Waals surface area contributed by atoms with E-state index in [1.165, 1.54) is 16.7 Å². The Bertz CT molecular complexity index is 943. The van der Waals surface area contributed by atoms with Gasteiger partial charge in [-0.2, -0.15) is 0 Å². The van der Waals surface area contributed by atoms with E-state index in [0.717, 1.165) is 48.2 Å². The van der Waals surface area contributed by atoms with E-state index in [4.69, 9.17) is 4.74 Å². The van der Waals surface area contributed by atoms with Gasteiger partial charge in [-0.25, -0.2) is 0 Å². The fourth-order valence-corrected chi connectivity index (χ4v) is 3.52. The van der Waals surface area contributed by atoms with Crippen molar-refractivity contribution in [3.8, 4) is 5.75 Å². The van der Waals surface area contributed by atoms with Crippen molar-refractivity contribution in [1.29, 1.82) is 0 Å². The summed E-state index contributed by atoms with van der Waals surface area (Å²) in [7, 11) is 1.63. The predicted octanol–water partition coefficient (Wildman–Crippen LogP) is 4.83. The van der Waals surface area contributed by atoms with Crippen molar-refractivity contribution in [3.05, 3.63) is 94.5 Å². The number of rotatable bonds is 3. The van der Waals surface area contributed by atoms with Gasteiger partial charge in [0, 0.05) is 11.3 Å². The molecule has 3 nitrogen and oxygen atoms in total. The Hall–Kier alpha value is -3.07. The van der Waals surface area contributed by atoms with E-state index in [9.17, 15) is 4.79 Å². The molecule has 0 heterocycles. The normalized spacial score (nSPS) is 12.9. The molecule has 0 saturated heterocycles. The highest BCUT2D eigenvalue weighted by Crippen LogP contribution is 2.21. The van der Waals surface area contributed by atoms with Crippen molar-refractivity contribution >= 4 is 11.6 Å². The summed E-state index contributed by atoms with van der Waals surface area (Å²) in [6.45, 7) is 0. The first-order chi connectivity index (χ1) is 13.2. The molecule has 3 aromatic rings. The Morgan fingerprint density at radius 2 is 1.37 bits per heavy atom. The number of hydrogen-bond acceptors (Lipinski definition) is 2. The zero-order chi connectivity index (χ0) is 18.6. The van der Waals surface area contributed by atoms with E-state index >= 15 is 0 Å². The molecule has 0 saturated carbocycles. The highest BCUT2D eigenvalue weighted by atomic mass is 16.5. The van der Waals surface area contributed by atoms with Gasteiger partial charge < -0.3 is 10.1 Å². The molecule has 0 atom stereocenters. The summed E-state index contributed by atoms with van der Waals surface area (Å²) >= 11 is 0. The quantitative estimate of drug-likeness (QED) is 0.729. The van der Waals surface area contributed by atoms with Crippen LogP contribution in [0.1, 0.15) is 32.6 Å². The fraction of sp³-hybridized carbons (Fsp3) is 0.208. The van der Waals surface area contributed by atoms with Crippen LogP contribution in [-0.4, -0.2) is 13.0 Å². The van der Waals surface area contributed by atoms with Crippen LogP contribution in [0.15, 0.2) is 66.7 Å². The number of carbonyl (C=O) groups excluding carboxylic acids is 1. The Balaban J connectivity index is 1.60. The lowest BCUT2D eigenvalue weighted by atomic mass is 9.93. The largest absolute Gasteiger partial charge is 0.497 e. The molecule has 4 aliphatic rings. The second-order valence-electron chi connectivity index (χ2n) is 6.99. The minimum Gasteiger partial charge on any atom is -0.497 e. The molecule has 0 aliphatic heterocycles. The number of nitrogens with one attached hydrogen (secondary N) is 1. The maximum atomic E-state index is 13.0. The first kappa shape index (κ1) is 17.3. The Morgan fingerprint density at radius 1 is 0.778 bits per heavy atom. The summed E-state index contributed by atoms with van der Waals surface area (Å²) in [4.78, 5) is 13.0. The lowest BCUT2D eigenvalue weighted by molar-refractivity contribution is 0.102. The molecule has 0 aromatic heterocycles. The monoisotopic (exact) mass is 357 g/mol. The van der Waals surface area contributed by atoms with E-state index in [0.29, 0.717) is 0 Å². The van der Waals surface area contributed by atoms with Gasteiger partial charge in [-0.1, -0.05) is 36.4 Å². The molecule has 1 amide bonds. The van der Waals surface area contributed by atoms with Crippen LogP contribution >= 0.6 is 0 Å². The summed E-state index contributed by atoms with van der Waals surface area (Å²) in [5.41, 5.74) is 6.49. The van der Waals surface area contributed by atoms with E-state index in [2.05, 4.69) is 47.8 Å². The van der Waals surface area contributed by atoms with Gasteiger partial charge in [0.1, 0.15) is 5.75 Å². The molecule has 0 radical (unpaired) electrons. The zero-order valence-electron chi connectivity index (χ0n) is 15.5. The van der Waals surface area contributed by atoms with Crippen molar-refractivity contribution in [2.24, 2.45) is 0 Å². The van der Waals surface area contributed by atoms with Crippen LogP contribution in [-0.2, 0) is 25.7 Å². The predicted molar refractivity (Wildman–Crippen MR) is 109 cm³/mol. The molecular weight excluding hydrogens is 334 g/mol. The number of aryl methyl sites for hydroxylation is 4. The number of methoxy groups -OCH3 is 1. The van der Waals surface area contributed by atoms with Crippen LogP contribution in [0.4, 0.5) is 5.69 Å². The molecular formula is C24H23NO2. The average molecular weight is 357 g/mol. The van der Waals surface area contributed by atoms with Gasteiger partial charge in [0.2, 0.25) is 0 Å². The molecule has 1 N–H and O–H groups in total. The van der Waals surface area contributed by atoms with E-state index in [1.807, 2.05) is 24.3 Å². The molecule has 0 spiro atoms. The third-order valence-electron chi connectivity index (χ3n) is 5.18. The van der Waals surface area contributed by atoms with Crippen molar-refractivity contribution in [2.75, 3.05) is 12.4 Å². The van der Waals surface area contributed by atoms with Crippen molar-refractivity contribution in [3.63, 3.8) is 0 Å². The van der Waals surface area contributed by atoms with Gasteiger partial charge in [0.15, 0.2) is 0 Å². The molecule has 4 aliphatic carbocycles. The minimum atomic E-state index is -0.0528. The van der Waals surface area contributed by atoms with Gasteiger partial charge in [-0.3, -0.25) is 4.79 Å². The van der Waals surface area contributed by atoms with E-state index < -0.39 is 0 Å². The second kappa shape index (κ2) is 7.67. The molecule has 4 bridgehead atoms. The summed E-state index contributed by atoms with van der Waals surface area (Å²) in [6.07, 6.45) is 3.70. The molecule has 3 heteroatoms. The van der Waals surface area contributed by atoms with Crippen LogP contribution in [0.5, 0.6) is 5.75 Å².